The summed E-state index contributed by atoms with van der Waals surface area (Å²) in [6.45, 7) is 3.77. The summed E-state index contributed by atoms with van der Waals surface area (Å²) < 4.78 is 35.5. The van der Waals surface area contributed by atoms with Crippen LogP contribution in [0.15, 0.2) is 262 Å². The van der Waals surface area contributed by atoms with E-state index in [1.165, 1.54) is 71.2 Å². The van der Waals surface area contributed by atoms with Crippen molar-refractivity contribution in [3.05, 3.63) is 340 Å². The molecule has 0 aliphatic rings. The number of carboxylic acids is 4. The standard InChI is InChI=1S/C24H24FN3O5.C23H23N3O6.C22H20ClN3O6.C22H21N3O6.8Na/c1-14-6-7-18(25)12-17(14)11-15-4-3-5-16(10-15)19(13-21(30)31)26-24(33)27-22-20(29)8-9-28(2)23(22)32;1-14-5-3-4-6-19(14)32-16-9-7-15(8-10-16)17(13-20(28)29)24-23(31)25-21-18(27)11-12-26(2)22(21)30;1-26-10-9-17(27)20(21(26)30)25-22(31)24-16(12-19(28)29)13-5-4-6-14(11-13)32-18-8-3-2-7-15(18)23;1-25-11-10-18(26)20(21(25)29)24-22(30)23-17(13-19(27)28)14-6-5-9-16(12-14)31-15-7-3-2-4-8-15;;;;;;;;/h3-10,12,19,29H,11,13H2,1-2H3,(H,30,31)(H2,26,27,33);3-12,17,27H,13H2,1-2H3,(H,28,29)(H2,24,25,31);2-11,16,27H,12H2,1H3,(H,28,29)(H2,24,25,31);2-12,17,26H,13H2,1H3,(H,27,28)(H2,23,24,30);;;;;;;;/q;;;;8*+1/p-8/t19-;17-;16-;17-;;;;;;;;/m0000......../s1. The molecule has 8 N–H and O–H groups in total. The van der Waals surface area contributed by atoms with E-state index >= 15 is 0 Å². The molecule has 12 aromatic rings. The van der Waals surface area contributed by atoms with E-state index in [2.05, 4.69) is 42.5 Å². The van der Waals surface area contributed by atoms with Gasteiger partial charge >= 0.3 is 261 Å². The Labute approximate surface area is 960 Å². The van der Waals surface area contributed by atoms with Crippen molar-refractivity contribution in [2.24, 2.45) is 28.2 Å². The first-order chi connectivity index (χ1) is 60.9. The van der Waals surface area contributed by atoms with Crippen LogP contribution in [0.1, 0.15) is 94.4 Å². The summed E-state index contributed by atoms with van der Waals surface area (Å²) in [7, 11) is 5.72. The van der Waals surface area contributed by atoms with Gasteiger partial charge in [0.2, 0.25) is 0 Å². The van der Waals surface area contributed by atoms with Crippen molar-refractivity contribution in [2.75, 3.05) is 21.3 Å². The third-order valence-corrected chi connectivity index (χ3v) is 19.1. The van der Waals surface area contributed by atoms with Crippen LogP contribution in [0.3, 0.4) is 0 Å². The van der Waals surface area contributed by atoms with Gasteiger partial charge in [-0.25, -0.2) is 23.6 Å². The Bertz CT molecular complexity index is 6350. The Hall–Kier alpha value is -8.66. The Morgan fingerprint density at radius 1 is 0.338 bits per heavy atom. The van der Waals surface area contributed by atoms with Crippen LogP contribution >= 0.6 is 11.6 Å². The molecule has 0 spiro atoms. The minimum Gasteiger partial charge on any atom is -0.871 e. The molecule has 0 saturated carbocycles. The smallest absolute Gasteiger partial charge is 0.871 e. The number of nitrogens with one attached hydrogen (secondary N) is 8. The number of para-hydroxylation sites is 3. The molecular weight excluding hydrogens is 1870 g/mol. The van der Waals surface area contributed by atoms with Crippen molar-refractivity contribution in [3.8, 4) is 57.5 Å². The summed E-state index contributed by atoms with van der Waals surface area (Å²) in [4.78, 5) is 143. The van der Waals surface area contributed by atoms with E-state index in [9.17, 15) is 103 Å². The van der Waals surface area contributed by atoms with Crippen molar-refractivity contribution in [1.29, 1.82) is 0 Å². The first-order valence-corrected chi connectivity index (χ1v) is 38.9. The van der Waals surface area contributed by atoms with Crippen molar-refractivity contribution in [2.45, 2.75) is 70.1 Å². The van der Waals surface area contributed by atoms with Gasteiger partial charge in [0.1, 0.15) is 63.1 Å². The number of pyridine rings is 4. The van der Waals surface area contributed by atoms with E-state index in [0.717, 1.165) is 64.8 Å². The average molecular weight is 1950 g/mol. The van der Waals surface area contributed by atoms with Gasteiger partial charge in [-0.05, 0) is 144 Å². The van der Waals surface area contributed by atoms with E-state index in [4.69, 9.17) is 25.8 Å². The number of nitrogens with zero attached hydrogens (tertiary/aromatic N) is 4. The number of aromatic nitrogens is 4. The topological polar surface area (TPSA) is 533 Å². The number of amides is 8. The average Bonchev–Trinajstić information content (AvgIpc) is 0.831. The molecule has 8 amide bonds. The van der Waals surface area contributed by atoms with Crippen molar-refractivity contribution < 1.29 is 334 Å². The number of anilines is 4. The quantitative estimate of drug-likeness (QED) is 0.0211. The molecule has 35 nitrogen and oxygen atoms in total. The molecular formula is C91H80ClFN12Na8O23. The number of aliphatic carboxylic acids is 4. The van der Waals surface area contributed by atoms with Crippen LogP contribution in [0, 0.1) is 19.7 Å². The molecule has 4 atom stereocenters. The fourth-order valence-electron chi connectivity index (χ4n) is 12.2. The van der Waals surface area contributed by atoms with Crippen LogP contribution in [0.25, 0.3) is 0 Å². The van der Waals surface area contributed by atoms with Crippen LogP contribution in [0.5, 0.6) is 57.5 Å². The molecule has 664 valence electrons. The van der Waals surface area contributed by atoms with Gasteiger partial charge in [-0.2, -0.15) is 0 Å². The number of ether oxygens (including phenoxy) is 3. The van der Waals surface area contributed by atoms with Crippen molar-refractivity contribution in [3.63, 3.8) is 0 Å². The number of aryl methyl sites for hydroxylation is 6. The molecule has 0 radical (unpaired) electrons. The van der Waals surface area contributed by atoms with E-state index in [1.54, 1.807) is 133 Å². The van der Waals surface area contributed by atoms with Crippen LogP contribution in [0.2, 0.25) is 5.02 Å². The van der Waals surface area contributed by atoms with Gasteiger partial charge in [0.05, 0.1) is 29.2 Å². The summed E-state index contributed by atoms with van der Waals surface area (Å²) in [5, 5.41) is 112. The summed E-state index contributed by atoms with van der Waals surface area (Å²) >= 11 is 6.10. The van der Waals surface area contributed by atoms with E-state index in [0.29, 0.717) is 68.2 Å². The molecule has 45 heteroatoms. The maximum Gasteiger partial charge on any atom is 1.00 e. The fraction of sp³-hybridized carbons (Fsp3) is 0.165. The molecule has 0 aliphatic heterocycles. The van der Waals surface area contributed by atoms with Crippen LogP contribution in [-0.4, -0.2) is 66.3 Å². The number of carbonyl (C=O) groups is 8. The normalized spacial score (nSPS) is 10.8. The molecule has 0 aliphatic carbocycles. The third-order valence-electron chi connectivity index (χ3n) is 18.8. The Balaban J connectivity index is 0.000000889. The third kappa shape index (κ3) is 39.2. The molecule has 0 saturated heterocycles. The fourth-order valence-corrected chi connectivity index (χ4v) is 12.4. The minimum atomic E-state index is -1.41. The SMILES string of the molecule is Cc1ccc(F)cc1Cc1cccc([C@H](CC(=O)[O-])NC(=O)Nc2c([O-])ccn(C)c2=O)c1.Cc1ccccc1Oc1ccc([C@H](CC(=O)[O-])NC(=O)Nc2c([O-])ccn(C)c2=O)cc1.Cn1ccc([O-])c(NC(=O)N[C@@H](CC(=O)[O-])c2cccc(Oc3ccccc3)c2)c1=O.Cn1ccc([O-])c(NC(=O)N[C@@H](CC(=O)[O-])c2cccc(Oc3ccccc3Cl)c2)c1=O.[Na+].[Na+].[Na+].[Na+].[Na+].[Na+].[Na+].[Na+]. The number of benzene rings is 8. The molecule has 0 bridgehead atoms. The maximum atomic E-state index is 13.6. The van der Waals surface area contributed by atoms with Crippen LogP contribution in [-0.2, 0) is 53.8 Å². The van der Waals surface area contributed by atoms with Crippen LogP contribution in [0.4, 0.5) is 46.3 Å². The second kappa shape index (κ2) is 61.7. The second-order valence-electron chi connectivity index (χ2n) is 28.3. The molecule has 12 rings (SSSR count). The van der Waals surface area contributed by atoms with Gasteiger partial charge in [-0.3, -0.25) is 19.2 Å². The monoisotopic (exact) mass is 1950 g/mol. The van der Waals surface area contributed by atoms with E-state index in [1.807, 2.05) is 56.3 Å². The first-order valence-electron chi connectivity index (χ1n) is 38.5. The predicted molar refractivity (Wildman–Crippen MR) is 452 cm³/mol. The number of hydrogen-bond acceptors (Lipinski definition) is 23. The summed E-state index contributed by atoms with van der Waals surface area (Å²) in [5.74, 6) is -5.59. The van der Waals surface area contributed by atoms with Crippen molar-refractivity contribution >= 4 is 82.4 Å². The largest absolute Gasteiger partial charge is 1.00 e. The molecule has 8 aromatic carbocycles. The van der Waals surface area contributed by atoms with Crippen molar-refractivity contribution in [1.82, 2.24) is 39.5 Å². The van der Waals surface area contributed by atoms with E-state index in [-0.39, 0.29) is 242 Å². The molecule has 4 heterocycles. The van der Waals surface area contributed by atoms with Gasteiger partial charge in [-0.15, -0.1) is 0 Å². The number of halogens is 2. The number of carbonyl (C=O) groups excluding carboxylic acids is 8. The van der Waals surface area contributed by atoms with Gasteiger partial charge in [-0.1, -0.05) is 174 Å². The molecule has 0 fully saturated rings. The van der Waals surface area contributed by atoms with Gasteiger partial charge in [0, 0.05) is 103 Å². The summed E-state index contributed by atoms with van der Waals surface area (Å²) in [5.41, 5.74) is 0.705. The number of rotatable bonds is 28. The Morgan fingerprint density at radius 3 is 1.03 bits per heavy atom. The first kappa shape index (κ1) is 125. The predicted octanol–water partition coefficient (Wildman–Crippen LogP) is -17.7. The van der Waals surface area contributed by atoms with Gasteiger partial charge < -0.3 is 135 Å². The second-order valence-corrected chi connectivity index (χ2v) is 28.7. The number of carboxylic acid groups (broad SMARTS) is 4. The maximum absolute atomic E-state index is 13.6. The van der Waals surface area contributed by atoms with Gasteiger partial charge in [0.25, 0.3) is 22.2 Å². The zero-order valence-corrected chi connectivity index (χ0v) is 93.6. The summed E-state index contributed by atoms with van der Waals surface area (Å²) in [6, 6.07) is 51.0. The molecule has 0 unspecified atom stereocenters. The van der Waals surface area contributed by atoms with Gasteiger partial charge in [0.15, 0.2) is 0 Å². The minimum absolute atomic E-state index is 0. The van der Waals surface area contributed by atoms with E-state index < -0.39 is 166 Å². The molecule has 4 aromatic heterocycles. The number of urea groups is 4. The Morgan fingerprint density at radius 2 is 0.654 bits per heavy atom. The zero-order valence-electron chi connectivity index (χ0n) is 76.9. The summed E-state index contributed by atoms with van der Waals surface area (Å²) in [6.07, 6.45) is 3.39. The Kier molecular flexibility index (Phi) is 56.9. The molecule has 136 heavy (non-hydrogen) atoms. The van der Waals surface area contributed by atoms with Crippen LogP contribution < -0.4 is 356 Å². The number of hydrogen-bond donors (Lipinski definition) is 8. The zero-order chi connectivity index (χ0) is 93.0.